The van der Waals surface area contributed by atoms with Crippen LogP contribution in [0, 0.1) is 0 Å². The zero-order chi connectivity index (χ0) is 14.1. The predicted molar refractivity (Wildman–Crippen MR) is 79.3 cm³/mol. The number of allylic oxidation sites excluding steroid dienone is 4. The van der Waals surface area contributed by atoms with Crippen molar-refractivity contribution in [2.75, 3.05) is 0 Å². The maximum atomic E-state index is 11.7. The molecule has 0 spiro atoms. The highest BCUT2D eigenvalue weighted by Crippen LogP contribution is 2.10. The fourth-order valence-electron chi connectivity index (χ4n) is 1.32. The van der Waals surface area contributed by atoms with Gasteiger partial charge in [-0.25, -0.2) is 4.79 Å². The molecule has 2 nitrogen and oxygen atoms in total. The lowest BCUT2D eigenvalue weighted by molar-refractivity contribution is -0.133. The van der Waals surface area contributed by atoms with Crippen LogP contribution in [0.3, 0.4) is 0 Å². The third-order valence-electron chi connectivity index (χ3n) is 2.61. The van der Waals surface area contributed by atoms with Crippen molar-refractivity contribution in [2.45, 2.75) is 13.8 Å². The molecule has 0 saturated carbocycles. The monoisotopic (exact) mass is 254 g/mol. The maximum Gasteiger partial charge on any atom is 0.338 e. The highest BCUT2D eigenvalue weighted by Gasteiger charge is 2.06. The molecule has 0 heterocycles. The van der Waals surface area contributed by atoms with Crippen LogP contribution in [0.2, 0.25) is 0 Å². The molecular formula is C17H18O2. The van der Waals surface area contributed by atoms with E-state index in [2.05, 4.69) is 6.58 Å². The number of carbonyl (C=O) groups excluding carboxylic acids is 1. The lowest BCUT2D eigenvalue weighted by atomic mass is 10.1. The summed E-state index contributed by atoms with van der Waals surface area (Å²) in [7, 11) is 0. The van der Waals surface area contributed by atoms with Gasteiger partial charge >= 0.3 is 5.97 Å². The molecule has 1 rings (SSSR count). The summed E-state index contributed by atoms with van der Waals surface area (Å²) >= 11 is 0. The molecule has 0 aliphatic rings. The zero-order valence-electron chi connectivity index (χ0n) is 11.3. The van der Waals surface area contributed by atoms with Gasteiger partial charge in [0.1, 0.15) is 0 Å². The van der Waals surface area contributed by atoms with Crippen molar-refractivity contribution >= 4 is 12.0 Å². The van der Waals surface area contributed by atoms with Gasteiger partial charge in [0.15, 0.2) is 0 Å². The molecule has 1 aromatic carbocycles. The summed E-state index contributed by atoms with van der Waals surface area (Å²) in [5.41, 5.74) is 2.55. The van der Waals surface area contributed by atoms with Gasteiger partial charge in [-0.3, -0.25) is 0 Å². The van der Waals surface area contributed by atoms with Gasteiger partial charge in [0.2, 0.25) is 0 Å². The van der Waals surface area contributed by atoms with Crippen molar-refractivity contribution in [1.29, 1.82) is 0 Å². The van der Waals surface area contributed by atoms with Crippen LogP contribution in [-0.2, 0) is 9.53 Å². The highest BCUT2D eigenvalue weighted by atomic mass is 16.5. The Labute approximate surface area is 114 Å². The second kappa shape index (κ2) is 7.88. The average molecular weight is 254 g/mol. The van der Waals surface area contributed by atoms with Gasteiger partial charge < -0.3 is 4.74 Å². The number of carbonyl (C=O) groups is 1. The Morgan fingerprint density at radius 3 is 2.53 bits per heavy atom. The number of ether oxygens (including phenoxy) is 1. The normalized spacial score (nSPS) is 12.5. The molecule has 0 aliphatic carbocycles. The molecule has 98 valence electrons. The SMILES string of the molecule is C=CC=COC(=O)C(C)=C(C)C=Cc1ccccc1. The van der Waals surface area contributed by atoms with Crippen LogP contribution in [0.15, 0.2) is 72.5 Å². The summed E-state index contributed by atoms with van der Waals surface area (Å²) in [5.74, 6) is -0.353. The number of rotatable bonds is 5. The molecule has 0 amide bonds. The summed E-state index contributed by atoms with van der Waals surface area (Å²) in [6, 6.07) is 9.92. The minimum absolute atomic E-state index is 0.353. The molecule has 2 heteroatoms. The first-order chi connectivity index (χ1) is 9.15. The topological polar surface area (TPSA) is 26.3 Å². The van der Waals surface area contributed by atoms with Gasteiger partial charge in [0, 0.05) is 5.57 Å². The molecule has 19 heavy (non-hydrogen) atoms. The Kier molecular flexibility index (Phi) is 6.10. The molecular weight excluding hydrogens is 236 g/mol. The fraction of sp³-hybridized carbons (Fsp3) is 0.118. The van der Waals surface area contributed by atoms with E-state index in [9.17, 15) is 4.79 Å². The summed E-state index contributed by atoms with van der Waals surface area (Å²) in [4.78, 5) is 11.7. The molecule has 0 aliphatic heterocycles. The van der Waals surface area contributed by atoms with E-state index in [1.54, 1.807) is 19.1 Å². The molecule has 0 saturated heterocycles. The molecule has 0 radical (unpaired) electrons. The van der Waals surface area contributed by atoms with E-state index >= 15 is 0 Å². The lowest BCUT2D eigenvalue weighted by Crippen LogP contribution is -2.02. The molecule has 0 unspecified atom stereocenters. The van der Waals surface area contributed by atoms with E-state index < -0.39 is 0 Å². The van der Waals surface area contributed by atoms with Crippen molar-refractivity contribution in [3.05, 3.63) is 78.1 Å². The minimum Gasteiger partial charge on any atom is -0.431 e. The third-order valence-corrected chi connectivity index (χ3v) is 2.61. The Hall–Kier alpha value is -2.35. The molecule has 0 atom stereocenters. The van der Waals surface area contributed by atoms with E-state index in [4.69, 9.17) is 4.74 Å². The quantitative estimate of drug-likeness (QED) is 0.339. The van der Waals surface area contributed by atoms with Crippen LogP contribution in [0.5, 0.6) is 0 Å². The fourth-order valence-corrected chi connectivity index (χ4v) is 1.32. The van der Waals surface area contributed by atoms with Crippen LogP contribution in [0.1, 0.15) is 19.4 Å². The van der Waals surface area contributed by atoms with Gasteiger partial charge in [-0.15, -0.1) is 0 Å². The van der Waals surface area contributed by atoms with E-state index in [1.807, 2.05) is 49.4 Å². The van der Waals surface area contributed by atoms with Crippen molar-refractivity contribution in [3.63, 3.8) is 0 Å². The Balaban J connectivity index is 2.73. The summed E-state index contributed by atoms with van der Waals surface area (Å²) in [5, 5.41) is 0. The predicted octanol–water partition coefficient (Wildman–Crippen LogP) is 4.28. The summed E-state index contributed by atoms with van der Waals surface area (Å²) in [6.45, 7) is 7.13. The second-order valence-corrected chi connectivity index (χ2v) is 4.02. The van der Waals surface area contributed by atoms with Gasteiger partial charge in [0.25, 0.3) is 0 Å². The van der Waals surface area contributed by atoms with Gasteiger partial charge in [-0.1, -0.05) is 55.1 Å². The molecule has 0 N–H and O–H groups in total. The van der Waals surface area contributed by atoms with Gasteiger partial charge in [-0.05, 0) is 31.1 Å². The van der Waals surface area contributed by atoms with Crippen LogP contribution >= 0.6 is 0 Å². The number of hydrogen-bond donors (Lipinski definition) is 0. The molecule has 1 aromatic rings. The van der Waals surface area contributed by atoms with E-state index in [1.165, 1.54) is 6.26 Å². The smallest absolute Gasteiger partial charge is 0.338 e. The van der Waals surface area contributed by atoms with Crippen molar-refractivity contribution in [3.8, 4) is 0 Å². The van der Waals surface area contributed by atoms with E-state index in [-0.39, 0.29) is 5.97 Å². The molecule has 0 aromatic heterocycles. The minimum atomic E-state index is -0.353. The number of esters is 1. The second-order valence-electron chi connectivity index (χ2n) is 4.02. The maximum absolute atomic E-state index is 11.7. The third kappa shape index (κ3) is 5.21. The van der Waals surface area contributed by atoms with Crippen LogP contribution in [-0.4, -0.2) is 5.97 Å². The van der Waals surface area contributed by atoms with Crippen LogP contribution in [0.4, 0.5) is 0 Å². The van der Waals surface area contributed by atoms with Crippen molar-refractivity contribution in [2.24, 2.45) is 0 Å². The van der Waals surface area contributed by atoms with E-state index in [0.29, 0.717) is 5.57 Å². The summed E-state index contributed by atoms with van der Waals surface area (Å²) in [6.07, 6.45) is 8.32. The van der Waals surface area contributed by atoms with Gasteiger partial charge in [0.05, 0.1) is 6.26 Å². The molecule has 0 bridgehead atoms. The average Bonchev–Trinajstić information content (AvgIpc) is 2.45. The van der Waals surface area contributed by atoms with E-state index in [0.717, 1.165) is 11.1 Å². The zero-order valence-corrected chi connectivity index (χ0v) is 11.3. The first kappa shape index (κ1) is 14.7. The van der Waals surface area contributed by atoms with Gasteiger partial charge in [-0.2, -0.15) is 0 Å². The molecule has 0 fully saturated rings. The van der Waals surface area contributed by atoms with Crippen molar-refractivity contribution in [1.82, 2.24) is 0 Å². The van der Waals surface area contributed by atoms with Crippen LogP contribution < -0.4 is 0 Å². The lowest BCUT2D eigenvalue weighted by Gasteiger charge is -2.02. The Bertz CT molecular complexity index is 519. The van der Waals surface area contributed by atoms with Crippen molar-refractivity contribution < 1.29 is 9.53 Å². The standard InChI is InChI=1S/C17H18O2/c1-4-5-13-19-17(18)15(3)14(2)11-12-16-9-7-6-8-10-16/h4-13H,1H2,2-3H3. The highest BCUT2D eigenvalue weighted by molar-refractivity contribution is 5.89. The largest absolute Gasteiger partial charge is 0.431 e. The number of benzene rings is 1. The first-order valence-corrected chi connectivity index (χ1v) is 6.04. The Morgan fingerprint density at radius 1 is 1.21 bits per heavy atom. The number of hydrogen-bond acceptors (Lipinski definition) is 2. The Morgan fingerprint density at radius 2 is 1.89 bits per heavy atom. The van der Waals surface area contributed by atoms with Crippen LogP contribution in [0.25, 0.3) is 6.08 Å². The summed E-state index contributed by atoms with van der Waals surface area (Å²) < 4.78 is 4.93. The first-order valence-electron chi connectivity index (χ1n) is 6.04.